The molecule has 1 heterocycles. The van der Waals surface area contributed by atoms with Crippen LogP contribution < -0.4 is 5.73 Å². The molecule has 110 valence electrons. The first-order chi connectivity index (χ1) is 8.87. The molecular weight excluding hydrogens is 262 g/mol. The Kier molecular flexibility index (Phi) is 6.16. The molecular formula is C13H25N3O2S. The van der Waals surface area contributed by atoms with E-state index in [1.54, 1.807) is 0 Å². The third-order valence-corrected chi connectivity index (χ3v) is 4.35. The highest BCUT2D eigenvalue weighted by atomic mass is 32.1. The average molecular weight is 287 g/mol. The Morgan fingerprint density at radius 1 is 1.32 bits per heavy atom. The maximum Gasteiger partial charge on any atom is 0.305 e. The minimum absolute atomic E-state index is 0.131. The fourth-order valence-electron chi connectivity index (χ4n) is 2.24. The number of carbonyl (C=O) groups excluding carboxylic acids is 1. The van der Waals surface area contributed by atoms with Gasteiger partial charge in [0.05, 0.1) is 17.6 Å². The molecule has 0 radical (unpaired) electrons. The van der Waals surface area contributed by atoms with Crippen LogP contribution in [0.15, 0.2) is 0 Å². The lowest BCUT2D eigenvalue weighted by molar-refractivity contribution is -0.140. The number of carbonyl (C=O) groups is 1. The zero-order valence-electron chi connectivity index (χ0n) is 12.1. The molecule has 0 spiro atoms. The number of hydrogen-bond acceptors (Lipinski definition) is 5. The Hall–Kier alpha value is -0.720. The molecule has 0 aromatic carbocycles. The quantitative estimate of drug-likeness (QED) is 0.571. The summed E-state index contributed by atoms with van der Waals surface area (Å²) in [6.07, 6.45) is 1.35. The van der Waals surface area contributed by atoms with E-state index < -0.39 is 0 Å². The second-order valence-corrected chi connectivity index (χ2v) is 5.87. The number of esters is 1. The van der Waals surface area contributed by atoms with E-state index >= 15 is 0 Å². The van der Waals surface area contributed by atoms with Crippen molar-refractivity contribution in [2.24, 2.45) is 5.73 Å². The minimum atomic E-state index is -0.215. The van der Waals surface area contributed by atoms with Crippen LogP contribution in [0.1, 0.15) is 26.7 Å². The number of nitrogens with two attached hydrogens (primary N) is 1. The van der Waals surface area contributed by atoms with E-state index in [0.29, 0.717) is 11.4 Å². The summed E-state index contributed by atoms with van der Waals surface area (Å²) in [4.78, 5) is 16.3. The maximum atomic E-state index is 11.0. The fourth-order valence-corrected chi connectivity index (χ4v) is 2.36. The van der Waals surface area contributed by atoms with Crippen molar-refractivity contribution in [2.45, 2.75) is 32.2 Å². The van der Waals surface area contributed by atoms with Crippen molar-refractivity contribution in [2.75, 3.05) is 39.8 Å². The Bertz CT molecular complexity index is 326. The van der Waals surface area contributed by atoms with E-state index in [1.807, 2.05) is 0 Å². The van der Waals surface area contributed by atoms with Crippen LogP contribution in [0.4, 0.5) is 0 Å². The van der Waals surface area contributed by atoms with Crippen LogP contribution in [0.25, 0.3) is 0 Å². The summed E-state index contributed by atoms with van der Waals surface area (Å²) in [5.41, 5.74) is 5.57. The highest BCUT2D eigenvalue weighted by molar-refractivity contribution is 7.80. The molecule has 0 saturated carbocycles. The summed E-state index contributed by atoms with van der Waals surface area (Å²) in [6.45, 7) is 8.99. The van der Waals surface area contributed by atoms with Crippen molar-refractivity contribution in [3.63, 3.8) is 0 Å². The van der Waals surface area contributed by atoms with Gasteiger partial charge in [0.1, 0.15) is 0 Å². The number of thiocarbonyl (C=S) groups is 1. The lowest BCUT2D eigenvalue weighted by Crippen LogP contribution is -2.59. The topological polar surface area (TPSA) is 58.8 Å². The second kappa shape index (κ2) is 7.17. The van der Waals surface area contributed by atoms with Crippen LogP contribution in [-0.4, -0.2) is 66.1 Å². The van der Waals surface area contributed by atoms with Crippen molar-refractivity contribution in [1.29, 1.82) is 0 Å². The summed E-state index contributed by atoms with van der Waals surface area (Å²) in [5.74, 6) is -0.131. The SMILES string of the molecule is COC(=O)CCCN1CCN(C(C)(C)C(N)=S)CC1. The first-order valence-electron chi connectivity index (χ1n) is 6.72. The predicted molar refractivity (Wildman–Crippen MR) is 80.1 cm³/mol. The first-order valence-corrected chi connectivity index (χ1v) is 7.13. The van der Waals surface area contributed by atoms with Crippen molar-refractivity contribution in [1.82, 2.24) is 9.80 Å². The zero-order chi connectivity index (χ0) is 14.5. The van der Waals surface area contributed by atoms with E-state index in [2.05, 4.69) is 28.4 Å². The van der Waals surface area contributed by atoms with E-state index in [-0.39, 0.29) is 11.5 Å². The van der Waals surface area contributed by atoms with Gasteiger partial charge in [0.2, 0.25) is 0 Å². The minimum Gasteiger partial charge on any atom is -0.469 e. The molecule has 19 heavy (non-hydrogen) atoms. The number of piperazine rings is 1. The predicted octanol–water partition coefficient (Wildman–Crippen LogP) is 0.622. The highest BCUT2D eigenvalue weighted by Gasteiger charge is 2.32. The highest BCUT2D eigenvalue weighted by Crippen LogP contribution is 2.17. The monoisotopic (exact) mass is 287 g/mol. The smallest absolute Gasteiger partial charge is 0.305 e. The van der Waals surface area contributed by atoms with Gasteiger partial charge in [0, 0.05) is 32.6 Å². The number of nitrogens with zero attached hydrogens (tertiary/aromatic N) is 2. The van der Waals surface area contributed by atoms with Crippen LogP contribution in [0.5, 0.6) is 0 Å². The Morgan fingerprint density at radius 3 is 2.37 bits per heavy atom. The molecule has 5 nitrogen and oxygen atoms in total. The maximum absolute atomic E-state index is 11.0. The Morgan fingerprint density at radius 2 is 1.89 bits per heavy atom. The number of hydrogen-bond donors (Lipinski definition) is 1. The van der Waals surface area contributed by atoms with Gasteiger partial charge in [-0.2, -0.15) is 0 Å². The van der Waals surface area contributed by atoms with Crippen molar-refractivity contribution in [3.8, 4) is 0 Å². The van der Waals surface area contributed by atoms with E-state index in [9.17, 15) is 4.79 Å². The third-order valence-electron chi connectivity index (χ3n) is 3.85. The molecule has 1 saturated heterocycles. The standard InChI is InChI=1S/C13H25N3O2S/c1-13(2,12(14)19)16-9-7-15(8-10-16)6-4-5-11(17)18-3/h4-10H2,1-3H3,(H2,14,19). The Balaban J connectivity index is 2.29. The number of rotatable bonds is 6. The van der Waals surface area contributed by atoms with E-state index in [4.69, 9.17) is 18.0 Å². The van der Waals surface area contributed by atoms with E-state index in [1.165, 1.54) is 7.11 Å². The van der Waals surface area contributed by atoms with Crippen LogP contribution in [0.3, 0.4) is 0 Å². The molecule has 6 heteroatoms. The normalized spacial score (nSPS) is 18.3. The molecule has 0 aromatic heterocycles. The molecule has 0 aromatic rings. The van der Waals surface area contributed by atoms with Gasteiger partial charge in [0.25, 0.3) is 0 Å². The molecule has 0 amide bonds. The molecule has 2 N–H and O–H groups in total. The van der Waals surface area contributed by atoms with Gasteiger partial charge < -0.3 is 15.4 Å². The average Bonchev–Trinajstić information content (AvgIpc) is 2.39. The summed E-state index contributed by atoms with van der Waals surface area (Å²) >= 11 is 5.13. The lowest BCUT2D eigenvalue weighted by Gasteiger charge is -2.43. The van der Waals surface area contributed by atoms with Gasteiger partial charge in [0.15, 0.2) is 0 Å². The lowest BCUT2D eigenvalue weighted by atomic mass is 10.0. The molecule has 0 atom stereocenters. The van der Waals surface area contributed by atoms with Gasteiger partial charge in [-0.25, -0.2) is 0 Å². The molecule has 0 unspecified atom stereocenters. The van der Waals surface area contributed by atoms with Gasteiger partial charge in [-0.05, 0) is 26.8 Å². The van der Waals surface area contributed by atoms with Gasteiger partial charge in [-0.1, -0.05) is 12.2 Å². The van der Waals surface area contributed by atoms with Crippen molar-refractivity contribution < 1.29 is 9.53 Å². The van der Waals surface area contributed by atoms with Crippen LogP contribution in [0.2, 0.25) is 0 Å². The molecule has 1 aliphatic rings. The third kappa shape index (κ3) is 4.71. The van der Waals surface area contributed by atoms with Crippen LogP contribution >= 0.6 is 12.2 Å². The zero-order valence-corrected chi connectivity index (χ0v) is 13.0. The second-order valence-electron chi connectivity index (χ2n) is 5.43. The largest absolute Gasteiger partial charge is 0.469 e. The van der Waals surface area contributed by atoms with E-state index in [0.717, 1.165) is 39.1 Å². The molecule has 0 aliphatic carbocycles. The van der Waals surface area contributed by atoms with Gasteiger partial charge in [-0.15, -0.1) is 0 Å². The summed E-state index contributed by atoms with van der Waals surface area (Å²) in [7, 11) is 1.43. The number of ether oxygens (including phenoxy) is 1. The Labute approximate surface area is 121 Å². The van der Waals surface area contributed by atoms with Gasteiger partial charge in [-0.3, -0.25) is 9.69 Å². The summed E-state index contributed by atoms with van der Waals surface area (Å²) < 4.78 is 4.63. The fraction of sp³-hybridized carbons (Fsp3) is 0.846. The molecule has 0 bridgehead atoms. The summed E-state index contributed by atoms with van der Waals surface area (Å²) in [6, 6.07) is 0. The first kappa shape index (κ1) is 16.3. The molecule has 1 rings (SSSR count). The van der Waals surface area contributed by atoms with Crippen LogP contribution in [0, 0.1) is 0 Å². The molecule has 1 fully saturated rings. The summed E-state index contributed by atoms with van der Waals surface area (Å²) in [5, 5.41) is 0. The van der Waals surface area contributed by atoms with Crippen molar-refractivity contribution in [3.05, 3.63) is 0 Å². The van der Waals surface area contributed by atoms with Gasteiger partial charge >= 0.3 is 5.97 Å². The van der Waals surface area contributed by atoms with Crippen molar-refractivity contribution >= 4 is 23.2 Å². The van der Waals surface area contributed by atoms with Crippen LogP contribution in [-0.2, 0) is 9.53 Å². The molecule has 1 aliphatic heterocycles. The number of methoxy groups -OCH3 is 1.